The number of nitrogens with zero attached hydrogens (tertiary/aromatic N) is 4. The number of para-hydroxylation sites is 1. The third-order valence-corrected chi connectivity index (χ3v) is 4.62. The topological polar surface area (TPSA) is 71.8 Å². The van der Waals surface area contributed by atoms with Crippen LogP contribution in [0.3, 0.4) is 0 Å². The van der Waals surface area contributed by atoms with E-state index in [1.165, 1.54) is 4.68 Å². The minimum Gasteiger partial charge on any atom is -0.378 e. The average Bonchev–Trinajstić information content (AvgIpc) is 3.14. The van der Waals surface area contributed by atoms with Crippen molar-refractivity contribution in [2.45, 2.75) is 19.4 Å². The number of hydrogen-bond acceptors (Lipinski definition) is 5. The van der Waals surface area contributed by atoms with E-state index >= 15 is 0 Å². The third kappa shape index (κ3) is 3.29. The van der Waals surface area contributed by atoms with E-state index < -0.39 is 0 Å². The molecule has 0 amide bonds. The highest BCUT2D eigenvalue weighted by atomic mass is 16.7. The van der Waals surface area contributed by atoms with Gasteiger partial charge in [-0.15, -0.1) is 5.10 Å². The number of amidine groups is 1. The fourth-order valence-corrected chi connectivity index (χ4v) is 3.11. The molecule has 27 heavy (non-hydrogen) atoms. The highest BCUT2D eigenvalue weighted by molar-refractivity contribution is 5.83. The van der Waals surface area contributed by atoms with Gasteiger partial charge in [0.25, 0.3) is 5.56 Å². The van der Waals surface area contributed by atoms with Gasteiger partial charge in [-0.05, 0) is 36.8 Å². The Bertz CT molecular complexity index is 1070. The van der Waals surface area contributed by atoms with Crippen LogP contribution >= 0.6 is 0 Å². The maximum atomic E-state index is 12.7. The zero-order chi connectivity index (χ0) is 19.0. The van der Waals surface area contributed by atoms with Gasteiger partial charge in [0, 0.05) is 26.2 Å². The lowest BCUT2D eigenvalue weighted by Crippen LogP contribution is -2.24. The predicted octanol–water partition coefficient (Wildman–Crippen LogP) is 2.60. The third-order valence-electron chi connectivity index (χ3n) is 4.62. The van der Waals surface area contributed by atoms with Crippen molar-refractivity contribution in [3.63, 3.8) is 0 Å². The molecule has 7 nitrogen and oxygen atoms in total. The van der Waals surface area contributed by atoms with Gasteiger partial charge in [-0.1, -0.05) is 24.3 Å². The van der Waals surface area contributed by atoms with Crippen molar-refractivity contribution in [2.75, 3.05) is 19.0 Å². The number of hydroxylamine groups is 1. The molecule has 1 N–H and O–H groups in total. The zero-order valence-electron chi connectivity index (χ0n) is 15.5. The maximum absolute atomic E-state index is 12.7. The lowest BCUT2D eigenvalue weighted by Gasteiger charge is -2.14. The zero-order valence-corrected chi connectivity index (χ0v) is 15.5. The Morgan fingerprint density at radius 3 is 2.67 bits per heavy atom. The van der Waals surface area contributed by atoms with Crippen molar-refractivity contribution in [1.29, 1.82) is 0 Å². The quantitative estimate of drug-likeness (QED) is 0.774. The van der Waals surface area contributed by atoms with Gasteiger partial charge in [-0.25, -0.2) is 4.98 Å². The Balaban J connectivity index is 1.61. The lowest BCUT2D eigenvalue weighted by molar-refractivity contribution is 0.0448. The first-order chi connectivity index (χ1) is 13.0. The molecule has 0 bridgehead atoms. The van der Waals surface area contributed by atoms with Crippen molar-refractivity contribution < 1.29 is 4.84 Å². The van der Waals surface area contributed by atoms with E-state index in [1.807, 2.05) is 49.3 Å². The normalized spacial score (nSPS) is 18.0. The predicted molar refractivity (Wildman–Crippen MR) is 106 cm³/mol. The summed E-state index contributed by atoms with van der Waals surface area (Å²) in [7, 11) is 4.01. The number of hydrogen-bond donors (Lipinski definition) is 1. The molecule has 1 fully saturated rings. The summed E-state index contributed by atoms with van der Waals surface area (Å²) in [5, 5.41) is 4.99. The summed E-state index contributed by atoms with van der Waals surface area (Å²) >= 11 is 0. The monoisotopic (exact) mass is 363 g/mol. The van der Waals surface area contributed by atoms with Crippen LogP contribution in [0.2, 0.25) is 0 Å². The second-order valence-electron chi connectivity index (χ2n) is 6.74. The Labute approximate surface area is 156 Å². The number of rotatable bonds is 3. The standard InChI is InChI=1S/C20H21N5O2/c1-13-21-17-7-5-4-6-16(17)20(26)25(13)22-19-12-18(27-23-19)14-8-10-15(11-9-14)24(2)3/h4-11,18H,12H2,1-3H3,(H,22,23). The minimum absolute atomic E-state index is 0.149. The van der Waals surface area contributed by atoms with E-state index in [1.54, 1.807) is 13.0 Å². The molecule has 0 aliphatic carbocycles. The van der Waals surface area contributed by atoms with Crippen molar-refractivity contribution >= 4 is 22.4 Å². The van der Waals surface area contributed by atoms with Crippen molar-refractivity contribution in [3.8, 4) is 0 Å². The van der Waals surface area contributed by atoms with E-state index in [-0.39, 0.29) is 11.7 Å². The molecular formula is C20H21N5O2. The Morgan fingerprint density at radius 1 is 1.19 bits per heavy atom. The maximum Gasteiger partial charge on any atom is 0.282 e. The van der Waals surface area contributed by atoms with Gasteiger partial charge in [0.15, 0.2) is 0 Å². The van der Waals surface area contributed by atoms with E-state index in [9.17, 15) is 4.79 Å². The van der Waals surface area contributed by atoms with Gasteiger partial charge >= 0.3 is 0 Å². The van der Waals surface area contributed by atoms with Gasteiger partial charge < -0.3 is 4.90 Å². The molecule has 1 aromatic heterocycles. The van der Waals surface area contributed by atoms with Crippen molar-refractivity contribution in [3.05, 3.63) is 70.3 Å². The largest absolute Gasteiger partial charge is 0.378 e. The molecule has 1 aliphatic heterocycles. The molecule has 0 radical (unpaired) electrons. The molecule has 7 heteroatoms. The average molecular weight is 363 g/mol. The summed E-state index contributed by atoms with van der Waals surface area (Å²) in [4.78, 5) is 24.9. The van der Waals surface area contributed by atoms with Gasteiger partial charge in [-0.2, -0.15) is 4.68 Å². The van der Waals surface area contributed by atoms with Crippen LogP contribution in [-0.4, -0.2) is 29.6 Å². The second-order valence-corrected chi connectivity index (χ2v) is 6.74. The number of aryl methyl sites for hydroxylation is 1. The first-order valence-corrected chi connectivity index (χ1v) is 8.78. The fraction of sp³-hybridized carbons (Fsp3) is 0.250. The summed E-state index contributed by atoms with van der Waals surface area (Å²) in [6, 6.07) is 15.5. The van der Waals surface area contributed by atoms with Crippen LogP contribution in [0.5, 0.6) is 0 Å². The number of nitrogens with one attached hydrogen (secondary N) is 1. The van der Waals surface area contributed by atoms with Gasteiger partial charge in [0.05, 0.1) is 10.9 Å². The molecule has 0 saturated carbocycles. The SMILES string of the molecule is Cc1nc2ccccc2c(=O)n1/N=C1/CC(c2ccc(N(C)C)cc2)ON1. The van der Waals surface area contributed by atoms with Crippen LogP contribution in [0.4, 0.5) is 5.69 Å². The molecule has 4 rings (SSSR count). The molecule has 1 atom stereocenters. The number of anilines is 1. The molecule has 3 aromatic rings. The highest BCUT2D eigenvalue weighted by Crippen LogP contribution is 2.26. The summed E-state index contributed by atoms with van der Waals surface area (Å²) in [5.74, 6) is 1.13. The van der Waals surface area contributed by atoms with Gasteiger partial charge in [0.1, 0.15) is 17.8 Å². The van der Waals surface area contributed by atoms with E-state index in [2.05, 4.69) is 27.7 Å². The van der Waals surface area contributed by atoms with Crippen LogP contribution in [0.1, 0.15) is 23.9 Å². The minimum atomic E-state index is -0.189. The van der Waals surface area contributed by atoms with Crippen LogP contribution < -0.4 is 15.9 Å². The second kappa shape index (κ2) is 6.85. The fourth-order valence-electron chi connectivity index (χ4n) is 3.11. The number of fused-ring (bicyclic) bond motifs is 1. The van der Waals surface area contributed by atoms with Crippen molar-refractivity contribution in [2.24, 2.45) is 5.10 Å². The molecule has 1 aliphatic rings. The highest BCUT2D eigenvalue weighted by Gasteiger charge is 2.24. The Kier molecular flexibility index (Phi) is 4.37. The Morgan fingerprint density at radius 2 is 1.93 bits per heavy atom. The molecule has 138 valence electrons. The molecule has 0 spiro atoms. The first kappa shape index (κ1) is 17.2. The van der Waals surface area contributed by atoms with E-state index in [0.717, 1.165) is 11.3 Å². The number of benzene rings is 2. The van der Waals surface area contributed by atoms with E-state index in [4.69, 9.17) is 4.84 Å². The smallest absolute Gasteiger partial charge is 0.282 e. The summed E-state index contributed by atoms with van der Waals surface area (Å²) in [6.07, 6.45) is 0.407. The molecule has 1 unspecified atom stereocenters. The molecule has 2 aromatic carbocycles. The van der Waals surface area contributed by atoms with Crippen molar-refractivity contribution in [1.82, 2.24) is 15.1 Å². The summed E-state index contributed by atoms with van der Waals surface area (Å²) in [5.41, 5.74) is 5.51. The first-order valence-electron chi connectivity index (χ1n) is 8.78. The molecule has 2 heterocycles. The Hall–Kier alpha value is -3.19. The summed E-state index contributed by atoms with van der Waals surface area (Å²) in [6.45, 7) is 1.77. The number of aromatic nitrogens is 2. The summed E-state index contributed by atoms with van der Waals surface area (Å²) < 4.78 is 1.32. The van der Waals surface area contributed by atoms with Crippen LogP contribution in [0.25, 0.3) is 10.9 Å². The molecule has 1 saturated heterocycles. The van der Waals surface area contributed by atoms with Crippen LogP contribution in [0.15, 0.2) is 58.4 Å². The van der Waals surface area contributed by atoms with Gasteiger partial charge in [-0.3, -0.25) is 15.1 Å². The molecular weight excluding hydrogens is 342 g/mol. The lowest BCUT2D eigenvalue weighted by atomic mass is 10.1. The van der Waals surface area contributed by atoms with E-state index in [0.29, 0.717) is 29.0 Å². The van der Waals surface area contributed by atoms with Crippen LogP contribution in [-0.2, 0) is 4.84 Å². The van der Waals surface area contributed by atoms with Crippen LogP contribution in [0, 0.1) is 6.92 Å². The van der Waals surface area contributed by atoms with Gasteiger partial charge in [0.2, 0.25) is 0 Å².